The molecule has 0 saturated heterocycles. The summed E-state index contributed by atoms with van der Waals surface area (Å²) in [6.45, 7) is 1.68. The summed E-state index contributed by atoms with van der Waals surface area (Å²) in [4.78, 5) is 15.5. The van der Waals surface area contributed by atoms with Crippen molar-refractivity contribution in [1.29, 1.82) is 0 Å². The first-order valence-electron chi connectivity index (χ1n) is 5.70. The molecule has 0 spiro atoms. The molecule has 4 heteroatoms. The minimum Gasteiger partial charge on any atom is -0.300 e. The van der Waals surface area contributed by atoms with Gasteiger partial charge in [0.05, 0.1) is 0 Å². The Morgan fingerprint density at radius 1 is 1.11 bits per heavy atom. The summed E-state index contributed by atoms with van der Waals surface area (Å²) in [7, 11) is 0. The Morgan fingerprint density at radius 2 is 1.78 bits per heavy atom. The standard InChI is InChI=1S/C14H12OS3/c1-10(15)9-14(13-7-4-8-16-13)17-11-5-2-3-6-12(11)18-14/h2-8H,9H2,1H3. The molecule has 0 unspecified atom stereocenters. The Kier molecular flexibility index (Phi) is 3.26. The number of rotatable bonds is 3. The summed E-state index contributed by atoms with van der Waals surface area (Å²) in [5, 5.41) is 2.08. The van der Waals surface area contributed by atoms with Crippen LogP contribution in [0.5, 0.6) is 0 Å². The van der Waals surface area contributed by atoms with Gasteiger partial charge in [0, 0.05) is 21.1 Å². The summed E-state index contributed by atoms with van der Waals surface area (Å²) in [6, 6.07) is 12.6. The number of benzene rings is 1. The normalized spacial score (nSPS) is 16.5. The highest BCUT2D eigenvalue weighted by atomic mass is 32.2. The lowest BCUT2D eigenvalue weighted by atomic mass is 10.2. The highest BCUT2D eigenvalue weighted by Gasteiger charge is 2.42. The molecule has 0 radical (unpaired) electrons. The van der Waals surface area contributed by atoms with Crippen LogP contribution in [0.4, 0.5) is 0 Å². The first-order chi connectivity index (χ1) is 8.70. The molecule has 1 aliphatic rings. The van der Waals surface area contributed by atoms with Gasteiger partial charge in [-0.2, -0.15) is 0 Å². The van der Waals surface area contributed by atoms with E-state index in [2.05, 4.69) is 41.8 Å². The van der Waals surface area contributed by atoms with Crippen LogP contribution in [-0.2, 0) is 8.87 Å². The molecule has 2 aromatic rings. The Bertz CT molecular complexity index is 549. The molecule has 0 amide bonds. The van der Waals surface area contributed by atoms with Crippen LogP contribution >= 0.6 is 34.9 Å². The average molecular weight is 292 g/mol. The van der Waals surface area contributed by atoms with Crippen molar-refractivity contribution in [1.82, 2.24) is 0 Å². The molecule has 0 saturated carbocycles. The van der Waals surface area contributed by atoms with Crippen molar-refractivity contribution in [3.63, 3.8) is 0 Å². The van der Waals surface area contributed by atoms with Crippen molar-refractivity contribution < 1.29 is 4.79 Å². The van der Waals surface area contributed by atoms with Gasteiger partial charge in [-0.25, -0.2) is 0 Å². The van der Waals surface area contributed by atoms with E-state index in [-0.39, 0.29) is 9.86 Å². The second kappa shape index (κ2) is 4.76. The summed E-state index contributed by atoms with van der Waals surface area (Å²) >= 11 is 5.38. The van der Waals surface area contributed by atoms with Crippen LogP contribution in [0.3, 0.4) is 0 Å². The number of hydrogen-bond acceptors (Lipinski definition) is 4. The molecule has 0 aliphatic carbocycles. The number of fused-ring (bicyclic) bond motifs is 1. The van der Waals surface area contributed by atoms with Gasteiger partial charge in [0.15, 0.2) is 0 Å². The lowest BCUT2D eigenvalue weighted by Crippen LogP contribution is -2.16. The molecule has 1 aromatic carbocycles. The average Bonchev–Trinajstić information content (AvgIpc) is 2.95. The minimum atomic E-state index is -0.149. The molecular weight excluding hydrogens is 280 g/mol. The molecule has 2 heterocycles. The van der Waals surface area contributed by atoms with Gasteiger partial charge < -0.3 is 0 Å². The minimum absolute atomic E-state index is 0.149. The van der Waals surface area contributed by atoms with Crippen molar-refractivity contribution in [2.45, 2.75) is 27.2 Å². The fourth-order valence-electron chi connectivity index (χ4n) is 2.08. The summed E-state index contributed by atoms with van der Waals surface area (Å²) < 4.78 is -0.149. The second-order valence-electron chi connectivity index (χ2n) is 4.26. The molecular formula is C14H12OS3. The number of thioether (sulfide) groups is 2. The van der Waals surface area contributed by atoms with Gasteiger partial charge >= 0.3 is 0 Å². The third-order valence-electron chi connectivity index (χ3n) is 2.78. The topological polar surface area (TPSA) is 17.1 Å². The zero-order valence-electron chi connectivity index (χ0n) is 9.88. The van der Waals surface area contributed by atoms with Crippen LogP contribution in [0, 0.1) is 0 Å². The van der Waals surface area contributed by atoms with Crippen molar-refractivity contribution in [2.24, 2.45) is 0 Å². The van der Waals surface area contributed by atoms with E-state index >= 15 is 0 Å². The van der Waals surface area contributed by atoms with E-state index < -0.39 is 0 Å². The number of thiophene rings is 1. The van der Waals surface area contributed by atoms with Crippen molar-refractivity contribution in [3.8, 4) is 0 Å². The van der Waals surface area contributed by atoms with E-state index in [0.29, 0.717) is 6.42 Å². The van der Waals surface area contributed by atoms with E-state index in [9.17, 15) is 4.79 Å². The highest BCUT2D eigenvalue weighted by molar-refractivity contribution is 8.20. The molecule has 0 fully saturated rings. The Hall–Kier alpha value is -0.710. The molecule has 0 atom stereocenters. The van der Waals surface area contributed by atoms with E-state index in [0.717, 1.165) is 0 Å². The Labute approximate surface area is 119 Å². The van der Waals surface area contributed by atoms with Crippen molar-refractivity contribution >= 4 is 40.6 Å². The van der Waals surface area contributed by atoms with Crippen LogP contribution in [0.1, 0.15) is 18.2 Å². The molecule has 1 aromatic heterocycles. The highest BCUT2D eigenvalue weighted by Crippen LogP contribution is 2.63. The molecule has 3 rings (SSSR count). The van der Waals surface area contributed by atoms with Gasteiger partial charge in [-0.15, -0.1) is 34.9 Å². The van der Waals surface area contributed by atoms with E-state index in [1.165, 1.54) is 14.7 Å². The largest absolute Gasteiger partial charge is 0.300 e. The zero-order chi connectivity index (χ0) is 12.6. The molecule has 0 N–H and O–H groups in total. The maximum Gasteiger partial charge on any atom is 0.132 e. The number of ketones is 1. The Morgan fingerprint density at radius 3 is 2.28 bits per heavy atom. The summed E-state index contributed by atoms with van der Waals surface area (Å²) in [5.41, 5.74) is 0. The van der Waals surface area contributed by atoms with Gasteiger partial charge in [0.25, 0.3) is 0 Å². The lowest BCUT2D eigenvalue weighted by Gasteiger charge is -2.24. The van der Waals surface area contributed by atoms with Crippen LogP contribution in [0.25, 0.3) is 0 Å². The second-order valence-corrected chi connectivity index (χ2v) is 8.15. The maximum atomic E-state index is 11.6. The fourth-order valence-corrected chi connectivity index (χ4v) is 6.51. The lowest BCUT2D eigenvalue weighted by molar-refractivity contribution is -0.117. The smallest absolute Gasteiger partial charge is 0.132 e. The third kappa shape index (κ3) is 2.13. The monoisotopic (exact) mass is 292 g/mol. The van der Waals surface area contributed by atoms with E-state index in [1.54, 1.807) is 18.3 Å². The summed E-state index contributed by atoms with van der Waals surface area (Å²) in [6.07, 6.45) is 0.581. The van der Waals surface area contributed by atoms with Gasteiger partial charge in [0.2, 0.25) is 0 Å². The van der Waals surface area contributed by atoms with E-state index in [4.69, 9.17) is 0 Å². The predicted octanol–water partition coefficient (Wildman–Crippen LogP) is 4.78. The number of hydrogen-bond donors (Lipinski definition) is 0. The number of Topliss-reactive ketones (excluding diaryl/α,β-unsaturated/α-hetero) is 1. The third-order valence-corrected chi connectivity index (χ3v) is 7.24. The van der Waals surface area contributed by atoms with Gasteiger partial charge in [-0.1, -0.05) is 18.2 Å². The molecule has 1 nitrogen and oxygen atoms in total. The predicted molar refractivity (Wildman–Crippen MR) is 79.5 cm³/mol. The summed E-state index contributed by atoms with van der Waals surface area (Å²) in [5.74, 6) is 0.246. The zero-order valence-corrected chi connectivity index (χ0v) is 12.3. The van der Waals surface area contributed by atoms with Gasteiger partial charge in [-0.3, -0.25) is 4.79 Å². The molecule has 1 aliphatic heterocycles. The van der Waals surface area contributed by atoms with Crippen LogP contribution in [0.15, 0.2) is 51.6 Å². The number of carbonyl (C=O) groups is 1. The van der Waals surface area contributed by atoms with Crippen LogP contribution in [0.2, 0.25) is 0 Å². The van der Waals surface area contributed by atoms with E-state index in [1.807, 2.05) is 23.5 Å². The Balaban J connectivity index is 2.03. The molecule has 0 bridgehead atoms. The molecule has 92 valence electrons. The van der Waals surface area contributed by atoms with Crippen LogP contribution < -0.4 is 0 Å². The maximum absolute atomic E-state index is 11.6. The number of carbonyl (C=O) groups excluding carboxylic acids is 1. The fraction of sp³-hybridized carbons (Fsp3) is 0.214. The van der Waals surface area contributed by atoms with Gasteiger partial charge in [0.1, 0.15) is 9.86 Å². The van der Waals surface area contributed by atoms with Crippen molar-refractivity contribution in [3.05, 3.63) is 46.7 Å². The van der Waals surface area contributed by atoms with Crippen LogP contribution in [-0.4, -0.2) is 5.78 Å². The SMILES string of the molecule is CC(=O)CC1(c2cccs2)Sc2ccccc2S1. The molecule has 18 heavy (non-hydrogen) atoms. The quantitative estimate of drug-likeness (QED) is 0.810. The first kappa shape index (κ1) is 12.3. The van der Waals surface area contributed by atoms with Gasteiger partial charge in [-0.05, 0) is 30.5 Å². The van der Waals surface area contributed by atoms with Crippen molar-refractivity contribution in [2.75, 3.05) is 0 Å². The first-order valence-corrected chi connectivity index (χ1v) is 8.21.